The molecule has 2 aliphatic rings. The van der Waals surface area contributed by atoms with Crippen LogP contribution in [0.1, 0.15) is 30.9 Å². The van der Waals surface area contributed by atoms with Gasteiger partial charge in [0.25, 0.3) is 5.91 Å². The van der Waals surface area contributed by atoms with E-state index >= 15 is 0 Å². The third-order valence-electron chi connectivity index (χ3n) is 4.19. The first-order valence-corrected chi connectivity index (χ1v) is 7.81. The molecule has 1 heterocycles. The molecule has 1 aromatic rings. The number of allylic oxidation sites excluding steroid dienone is 2. The Balaban J connectivity index is 2.18. The Bertz CT molecular complexity index is 755. The van der Waals surface area contributed by atoms with Crippen molar-refractivity contribution in [2.75, 3.05) is 19.8 Å². The van der Waals surface area contributed by atoms with Gasteiger partial charge in [-0.3, -0.25) is 4.79 Å². The smallest absolute Gasteiger partial charge is 0.253 e. The number of nitrogens with zero attached hydrogens (tertiary/aromatic N) is 1. The van der Waals surface area contributed by atoms with Gasteiger partial charge in [-0.05, 0) is 41.8 Å². The van der Waals surface area contributed by atoms with Crippen molar-refractivity contribution in [1.29, 1.82) is 0 Å². The summed E-state index contributed by atoms with van der Waals surface area (Å²) in [6.45, 7) is 4.24. The summed E-state index contributed by atoms with van der Waals surface area (Å²) in [6.07, 6.45) is 7.45. The SMILES string of the molecule is CC(C)c1c(N)ccc2c1C1=CC(C(=O)N(C)C)=CC=CC1O2. The number of hydrogen-bond acceptors (Lipinski definition) is 3. The number of rotatable bonds is 2. The lowest BCUT2D eigenvalue weighted by atomic mass is 9.89. The van der Waals surface area contributed by atoms with Gasteiger partial charge in [0, 0.05) is 36.5 Å². The normalized spacial score (nSPS) is 18.6. The quantitative estimate of drug-likeness (QED) is 0.854. The molecular weight excluding hydrogens is 288 g/mol. The third-order valence-corrected chi connectivity index (χ3v) is 4.19. The van der Waals surface area contributed by atoms with Crippen molar-refractivity contribution in [2.24, 2.45) is 0 Å². The number of amides is 1. The van der Waals surface area contributed by atoms with Crippen LogP contribution < -0.4 is 10.5 Å². The maximum atomic E-state index is 12.4. The van der Waals surface area contributed by atoms with E-state index in [-0.39, 0.29) is 17.9 Å². The number of hydrogen-bond donors (Lipinski definition) is 1. The van der Waals surface area contributed by atoms with Crippen molar-refractivity contribution in [1.82, 2.24) is 4.90 Å². The van der Waals surface area contributed by atoms with Crippen LogP contribution >= 0.6 is 0 Å². The summed E-state index contributed by atoms with van der Waals surface area (Å²) in [7, 11) is 3.51. The largest absolute Gasteiger partial charge is 0.481 e. The van der Waals surface area contributed by atoms with E-state index in [1.165, 1.54) is 0 Å². The molecule has 0 bridgehead atoms. The van der Waals surface area contributed by atoms with Crippen LogP contribution in [0.25, 0.3) is 5.57 Å². The maximum absolute atomic E-state index is 12.4. The molecule has 23 heavy (non-hydrogen) atoms. The van der Waals surface area contributed by atoms with E-state index in [1.54, 1.807) is 19.0 Å². The van der Waals surface area contributed by atoms with E-state index in [4.69, 9.17) is 10.5 Å². The summed E-state index contributed by atoms with van der Waals surface area (Å²) >= 11 is 0. The maximum Gasteiger partial charge on any atom is 0.253 e. The Kier molecular flexibility index (Phi) is 3.76. The van der Waals surface area contributed by atoms with Crippen molar-refractivity contribution < 1.29 is 9.53 Å². The van der Waals surface area contributed by atoms with Gasteiger partial charge in [0.05, 0.1) is 0 Å². The molecule has 1 atom stereocenters. The summed E-state index contributed by atoms with van der Waals surface area (Å²) in [5, 5.41) is 0. The average molecular weight is 310 g/mol. The number of nitrogens with two attached hydrogens (primary N) is 1. The van der Waals surface area contributed by atoms with Crippen LogP contribution in [0, 0.1) is 0 Å². The topological polar surface area (TPSA) is 55.6 Å². The van der Waals surface area contributed by atoms with Crippen LogP contribution in [0.2, 0.25) is 0 Å². The molecule has 0 spiro atoms. The number of likely N-dealkylation sites (N-methyl/N-ethyl adjacent to an activating group) is 1. The second-order valence-electron chi connectivity index (χ2n) is 6.44. The van der Waals surface area contributed by atoms with Crippen LogP contribution in [0.5, 0.6) is 5.75 Å². The van der Waals surface area contributed by atoms with Crippen molar-refractivity contribution in [3.05, 3.63) is 53.1 Å². The summed E-state index contributed by atoms with van der Waals surface area (Å²) in [5.41, 5.74) is 10.8. The molecule has 1 aliphatic carbocycles. The second kappa shape index (κ2) is 5.61. The number of carbonyl (C=O) groups is 1. The lowest BCUT2D eigenvalue weighted by molar-refractivity contribution is -0.124. The number of ether oxygens (including phenoxy) is 1. The highest BCUT2D eigenvalue weighted by molar-refractivity contribution is 6.00. The van der Waals surface area contributed by atoms with Gasteiger partial charge < -0.3 is 15.4 Å². The summed E-state index contributed by atoms with van der Waals surface area (Å²) < 4.78 is 6.06. The van der Waals surface area contributed by atoms with Gasteiger partial charge >= 0.3 is 0 Å². The predicted molar refractivity (Wildman–Crippen MR) is 93.3 cm³/mol. The van der Waals surface area contributed by atoms with Crippen LogP contribution in [0.15, 0.2) is 42.0 Å². The fraction of sp³-hybridized carbons (Fsp3) is 0.316. The van der Waals surface area contributed by atoms with Gasteiger partial charge in [0.2, 0.25) is 0 Å². The Hall–Kier alpha value is -2.49. The zero-order valence-electron chi connectivity index (χ0n) is 14.0. The molecule has 4 nitrogen and oxygen atoms in total. The number of nitrogen functional groups attached to an aromatic ring is 1. The molecule has 0 fully saturated rings. The molecule has 3 rings (SSSR count). The molecule has 120 valence electrons. The highest BCUT2D eigenvalue weighted by Gasteiger charge is 2.32. The highest BCUT2D eigenvalue weighted by atomic mass is 16.5. The Morgan fingerprint density at radius 3 is 2.70 bits per heavy atom. The first kappa shape index (κ1) is 15.4. The number of carbonyl (C=O) groups excluding carboxylic acids is 1. The van der Waals surface area contributed by atoms with Gasteiger partial charge in [-0.25, -0.2) is 0 Å². The van der Waals surface area contributed by atoms with E-state index in [0.717, 1.165) is 28.1 Å². The first-order valence-electron chi connectivity index (χ1n) is 7.81. The molecule has 1 unspecified atom stereocenters. The van der Waals surface area contributed by atoms with Gasteiger partial charge in [-0.15, -0.1) is 0 Å². The minimum Gasteiger partial charge on any atom is -0.481 e. The Morgan fingerprint density at radius 2 is 2.04 bits per heavy atom. The molecule has 1 amide bonds. The van der Waals surface area contributed by atoms with Gasteiger partial charge in [0.15, 0.2) is 0 Å². The Morgan fingerprint density at radius 1 is 1.30 bits per heavy atom. The van der Waals surface area contributed by atoms with Crippen LogP contribution in [-0.2, 0) is 4.79 Å². The lowest BCUT2D eigenvalue weighted by Crippen LogP contribution is -2.23. The molecular formula is C19H22N2O2. The first-order chi connectivity index (χ1) is 10.9. The van der Waals surface area contributed by atoms with Crippen molar-refractivity contribution in [3.8, 4) is 5.75 Å². The van der Waals surface area contributed by atoms with E-state index in [1.807, 2.05) is 36.4 Å². The second-order valence-corrected chi connectivity index (χ2v) is 6.44. The molecule has 0 saturated heterocycles. The zero-order valence-corrected chi connectivity index (χ0v) is 14.0. The van der Waals surface area contributed by atoms with E-state index in [0.29, 0.717) is 5.57 Å². The molecule has 1 aliphatic heterocycles. The minimum absolute atomic E-state index is 0.0220. The zero-order chi connectivity index (χ0) is 16.7. The molecule has 4 heteroatoms. The minimum atomic E-state index is -0.173. The van der Waals surface area contributed by atoms with Crippen molar-refractivity contribution in [3.63, 3.8) is 0 Å². The van der Waals surface area contributed by atoms with Crippen LogP contribution in [0.3, 0.4) is 0 Å². The molecule has 2 N–H and O–H groups in total. The third kappa shape index (κ3) is 2.54. The Labute approximate surface area is 136 Å². The summed E-state index contributed by atoms with van der Waals surface area (Å²) in [5.74, 6) is 1.09. The fourth-order valence-electron chi connectivity index (χ4n) is 3.14. The summed E-state index contributed by atoms with van der Waals surface area (Å²) in [6, 6.07) is 3.81. The summed E-state index contributed by atoms with van der Waals surface area (Å²) in [4.78, 5) is 13.9. The monoisotopic (exact) mass is 310 g/mol. The number of anilines is 1. The highest BCUT2D eigenvalue weighted by Crippen LogP contribution is 2.45. The van der Waals surface area contributed by atoms with Gasteiger partial charge in [-0.2, -0.15) is 0 Å². The van der Waals surface area contributed by atoms with Crippen LogP contribution in [0.4, 0.5) is 5.69 Å². The van der Waals surface area contributed by atoms with E-state index in [2.05, 4.69) is 13.8 Å². The van der Waals surface area contributed by atoms with Crippen molar-refractivity contribution in [2.45, 2.75) is 25.9 Å². The standard InChI is InChI=1S/C19H22N2O2/c1-11(2)17-14(20)8-9-16-18(17)13-10-12(19(22)21(3)4)6-5-7-15(13)23-16/h5-11,15H,20H2,1-4H3. The van der Waals surface area contributed by atoms with Crippen LogP contribution in [-0.4, -0.2) is 31.0 Å². The van der Waals surface area contributed by atoms with E-state index < -0.39 is 0 Å². The molecule has 0 saturated carbocycles. The number of fused-ring (bicyclic) bond motifs is 3. The number of benzene rings is 1. The van der Waals surface area contributed by atoms with Gasteiger partial charge in [-0.1, -0.05) is 19.9 Å². The lowest BCUT2D eigenvalue weighted by Gasteiger charge is -2.15. The van der Waals surface area contributed by atoms with E-state index in [9.17, 15) is 4.79 Å². The fourth-order valence-corrected chi connectivity index (χ4v) is 3.14. The molecule has 1 aromatic carbocycles. The average Bonchev–Trinajstić information content (AvgIpc) is 2.70. The molecule has 0 radical (unpaired) electrons. The molecule has 0 aromatic heterocycles. The predicted octanol–water partition coefficient (Wildman–Crippen LogP) is 3.12. The van der Waals surface area contributed by atoms with Gasteiger partial charge in [0.1, 0.15) is 11.9 Å². The van der Waals surface area contributed by atoms with Crippen molar-refractivity contribution >= 4 is 17.2 Å².